The molecule has 0 bridgehead atoms. The minimum absolute atomic E-state index is 0.407. The quantitative estimate of drug-likeness (QED) is 0.770. The van der Waals surface area contributed by atoms with Gasteiger partial charge in [-0.1, -0.05) is 23.7 Å². The lowest BCUT2D eigenvalue weighted by Gasteiger charge is -2.04. The Kier molecular flexibility index (Phi) is 3.15. The number of aromatic nitrogens is 2. The average molecular weight is 251 g/mol. The fourth-order valence-corrected chi connectivity index (χ4v) is 1.74. The molecule has 0 aliphatic carbocycles. The fraction of sp³-hybridized carbons (Fsp3) is 0.167. The maximum absolute atomic E-state index is 11.6. The number of benzene rings is 1. The first-order valence-electron chi connectivity index (χ1n) is 4.99. The molecular weight excluding hydrogens is 240 g/mol. The molecule has 1 aromatic carbocycles. The lowest BCUT2D eigenvalue weighted by molar-refractivity contribution is 0.0589. The molecule has 4 nitrogen and oxygen atoms in total. The van der Waals surface area contributed by atoms with E-state index in [9.17, 15) is 4.79 Å². The Morgan fingerprint density at radius 2 is 2.00 bits per heavy atom. The molecule has 0 N–H and O–H groups in total. The molecule has 5 heteroatoms. The third-order valence-corrected chi connectivity index (χ3v) is 2.72. The largest absolute Gasteiger partial charge is 0.464 e. The van der Waals surface area contributed by atoms with E-state index < -0.39 is 5.97 Å². The van der Waals surface area contributed by atoms with Gasteiger partial charge in [0.15, 0.2) is 5.69 Å². The summed E-state index contributed by atoms with van der Waals surface area (Å²) in [6.45, 7) is 0. The van der Waals surface area contributed by atoms with E-state index in [1.807, 2.05) is 12.1 Å². The van der Waals surface area contributed by atoms with Crippen LogP contribution in [0.3, 0.4) is 0 Å². The monoisotopic (exact) mass is 250 g/mol. The zero-order chi connectivity index (χ0) is 12.4. The van der Waals surface area contributed by atoms with Crippen LogP contribution in [-0.4, -0.2) is 22.9 Å². The van der Waals surface area contributed by atoms with Crippen LogP contribution in [0.2, 0.25) is 5.02 Å². The number of hydrogen-bond donors (Lipinski definition) is 0. The summed E-state index contributed by atoms with van der Waals surface area (Å²) in [6.07, 6.45) is 1.63. The SMILES string of the molecule is COC(=O)c1c(-c2ccc(Cl)cc2)cnn1C. The molecule has 0 saturated heterocycles. The van der Waals surface area contributed by atoms with Gasteiger partial charge in [-0.25, -0.2) is 4.79 Å². The molecule has 0 atom stereocenters. The van der Waals surface area contributed by atoms with Gasteiger partial charge in [0.1, 0.15) is 0 Å². The maximum atomic E-state index is 11.6. The van der Waals surface area contributed by atoms with Crippen LogP contribution in [0.5, 0.6) is 0 Å². The van der Waals surface area contributed by atoms with Crippen molar-refractivity contribution in [3.63, 3.8) is 0 Å². The van der Waals surface area contributed by atoms with E-state index in [4.69, 9.17) is 16.3 Å². The normalized spacial score (nSPS) is 10.3. The Morgan fingerprint density at radius 3 is 2.59 bits per heavy atom. The molecule has 0 amide bonds. The summed E-state index contributed by atoms with van der Waals surface area (Å²) in [5.74, 6) is -0.407. The second-order valence-electron chi connectivity index (χ2n) is 3.53. The highest BCUT2D eigenvalue weighted by Gasteiger charge is 2.18. The zero-order valence-electron chi connectivity index (χ0n) is 9.48. The number of halogens is 1. The molecular formula is C12H11ClN2O2. The molecule has 0 saturated carbocycles. The van der Waals surface area contributed by atoms with Gasteiger partial charge in [0.05, 0.1) is 13.3 Å². The maximum Gasteiger partial charge on any atom is 0.356 e. The van der Waals surface area contributed by atoms with E-state index in [0.29, 0.717) is 10.7 Å². The van der Waals surface area contributed by atoms with Crippen molar-refractivity contribution in [3.05, 3.63) is 41.2 Å². The number of ether oxygens (including phenoxy) is 1. The van der Waals surface area contributed by atoms with Crippen molar-refractivity contribution >= 4 is 17.6 Å². The van der Waals surface area contributed by atoms with Crippen molar-refractivity contribution in [1.82, 2.24) is 9.78 Å². The highest BCUT2D eigenvalue weighted by molar-refractivity contribution is 6.30. The third-order valence-electron chi connectivity index (χ3n) is 2.47. The van der Waals surface area contributed by atoms with Crippen LogP contribution in [0, 0.1) is 0 Å². The molecule has 0 spiro atoms. The van der Waals surface area contributed by atoms with Gasteiger partial charge < -0.3 is 4.74 Å². The highest BCUT2D eigenvalue weighted by atomic mass is 35.5. The van der Waals surface area contributed by atoms with Gasteiger partial charge in [-0.3, -0.25) is 4.68 Å². The molecule has 17 heavy (non-hydrogen) atoms. The number of rotatable bonds is 2. The molecule has 0 aliphatic rings. The van der Waals surface area contributed by atoms with Crippen LogP contribution in [0.1, 0.15) is 10.5 Å². The van der Waals surface area contributed by atoms with E-state index in [-0.39, 0.29) is 0 Å². The molecule has 0 unspecified atom stereocenters. The van der Waals surface area contributed by atoms with Crippen LogP contribution in [0.15, 0.2) is 30.5 Å². The summed E-state index contributed by atoms with van der Waals surface area (Å²) in [5, 5.41) is 4.72. The van der Waals surface area contributed by atoms with Crippen molar-refractivity contribution in [2.45, 2.75) is 0 Å². The predicted octanol–water partition coefficient (Wildman–Crippen LogP) is 2.53. The third kappa shape index (κ3) is 2.17. The molecule has 1 heterocycles. The van der Waals surface area contributed by atoms with Crippen molar-refractivity contribution in [1.29, 1.82) is 0 Å². The lowest BCUT2D eigenvalue weighted by Crippen LogP contribution is -2.09. The topological polar surface area (TPSA) is 44.1 Å². The second-order valence-corrected chi connectivity index (χ2v) is 3.97. The number of methoxy groups -OCH3 is 1. The summed E-state index contributed by atoms with van der Waals surface area (Å²) in [5.41, 5.74) is 2.04. The summed E-state index contributed by atoms with van der Waals surface area (Å²) in [7, 11) is 3.05. The van der Waals surface area contributed by atoms with Crippen molar-refractivity contribution in [2.24, 2.45) is 7.05 Å². The van der Waals surface area contributed by atoms with Crippen LogP contribution in [-0.2, 0) is 11.8 Å². The summed E-state index contributed by atoms with van der Waals surface area (Å²) in [4.78, 5) is 11.6. The first kappa shape index (κ1) is 11.7. The van der Waals surface area contributed by atoms with Crippen molar-refractivity contribution in [2.75, 3.05) is 7.11 Å². The smallest absolute Gasteiger partial charge is 0.356 e. The van der Waals surface area contributed by atoms with E-state index >= 15 is 0 Å². The average Bonchev–Trinajstić information content (AvgIpc) is 2.71. The van der Waals surface area contributed by atoms with Crippen LogP contribution < -0.4 is 0 Å². The minimum Gasteiger partial charge on any atom is -0.464 e. The number of esters is 1. The van der Waals surface area contributed by atoms with E-state index in [0.717, 1.165) is 11.1 Å². The summed E-state index contributed by atoms with van der Waals surface area (Å²) >= 11 is 5.82. The Labute approximate surface area is 104 Å². The molecule has 1 aromatic heterocycles. The van der Waals surface area contributed by atoms with Gasteiger partial charge >= 0.3 is 5.97 Å². The molecule has 0 aliphatic heterocycles. The standard InChI is InChI=1S/C12H11ClN2O2/c1-15-11(12(16)17-2)10(7-14-15)8-3-5-9(13)6-4-8/h3-7H,1-2H3. The number of nitrogens with zero attached hydrogens (tertiary/aromatic N) is 2. The van der Waals surface area contributed by atoms with E-state index in [1.165, 1.54) is 11.8 Å². The van der Waals surface area contributed by atoms with E-state index in [1.54, 1.807) is 25.4 Å². The Bertz CT molecular complexity index is 546. The zero-order valence-corrected chi connectivity index (χ0v) is 10.2. The van der Waals surface area contributed by atoms with Gasteiger partial charge in [0.25, 0.3) is 0 Å². The Hall–Kier alpha value is -1.81. The first-order chi connectivity index (χ1) is 8.13. The lowest BCUT2D eigenvalue weighted by atomic mass is 10.1. The number of hydrogen-bond acceptors (Lipinski definition) is 3. The van der Waals surface area contributed by atoms with Gasteiger partial charge in [-0.2, -0.15) is 5.10 Å². The van der Waals surface area contributed by atoms with Gasteiger partial charge in [-0.05, 0) is 17.7 Å². The van der Waals surface area contributed by atoms with Gasteiger partial charge in [0, 0.05) is 17.6 Å². The van der Waals surface area contributed by atoms with Crippen LogP contribution in [0.4, 0.5) is 0 Å². The Balaban J connectivity index is 2.52. The van der Waals surface area contributed by atoms with Gasteiger partial charge in [-0.15, -0.1) is 0 Å². The number of carbonyl (C=O) groups excluding carboxylic acids is 1. The first-order valence-corrected chi connectivity index (χ1v) is 5.37. The van der Waals surface area contributed by atoms with E-state index in [2.05, 4.69) is 5.10 Å². The van der Waals surface area contributed by atoms with Crippen molar-refractivity contribution in [3.8, 4) is 11.1 Å². The minimum atomic E-state index is -0.407. The molecule has 0 radical (unpaired) electrons. The molecule has 2 rings (SSSR count). The second kappa shape index (κ2) is 4.59. The molecule has 0 fully saturated rings. The molecule has 2 aromatic rings. The summed E-state index contributed by atoms with van der Waals surface area (Å²) < 4.78 is 6.23. The fourth-order valence-electron chi connectivity index (χ4n) is 1.62. The highest BCUT2D eigenvalue weighted by Crippen LogP contribution is 2.25. The number of carbonyl (C=O) groups is 1. The van der Waals surface area contributed by atoms with Crippen molar-refractivity contribution < 1.29 is 9.53 Å². The molecule has 88 valence electrons. The van der Waals surface area contributed by atoms with Crippen LogP contribution >= 0.6 is 11.6 Å². The number of aryl methyl sites for hydroxylation is 1. The van der Waals surface area contributed by atoms with Gasteiger partial charge in [0.2, 0.25) is 0 Å². The Morgan fingerprint density at radius 1 is 1.35 bits per heavy atom. The summed E-state index contributed by atoms with van der Waals surface area (Å²) in [6, 6.07) is 7.22. The predicted molar refractivity (Wildman–Crippen MR) is 65.0 cm³/mol. The van der Waals surface area contributed by atoms with Crippen LogP contribution in [0.25, 0.3) is 11.1 Å².